The summed E-state index contributed by atoms with van der Waals surface area (Å²) in [5, 5.41) is 3.90. The van der Waals surface area contributed by atoms with Crippen molar-refractivity contribution in [2.75, 3.05) is 13.1 Å². The first-order chi connectivity index (χ1) is 11.1. The second-order valence-corrected chi connectivity index (χ2v) is 7.13. The van der Waals surface area contributed by atoms with Crippen LogP contribution in [-0.2, 0) is 11.3 Å². The van der Waals surface area contributed by atoms with Crippen molar-refractivity contribution in [3.05, 3.63) is 47.7 Å². The van der Waals surface area contributed by atoms with Gasteiger partial charge in [0.2, 0.25) is 5.91 Å². The number of furan rings is 1. The Morgan fingerprint density at radius 3 is 2.83 bits per heavy atom. The number of likely N-dealkylation sites (tertiary alicyclic amines) is 1. The van der Waals surface area contributed by atoms with E-state index in [9.17, 15) is 4.79 Å². The minimum atomic E-state index is 0.0478. The SMILES string of the molecule is CC(=O)N[C@H]1CCN(Cc2ccc(Sc3ccc(C)cc3)o2)C1. The zero-order chi connectivity index (χ0) is 16.2. The Labute approximate surface area is 141 Å². The third-order valence-corrected chi connectivity index (χ3v) is 4.86. The van der Waals surface area contributed by atoms with Crippen molar-refractivity contribution in [2.24, 2.45) is 0 Å². The van der Waals surface area contributed by atoms with Gasteiger partial charge < -0.3 is 9.73 Å². The number of hydrogen-bond acceptors (Lipinski definition) is 4. The van der Waals surface area contributed by atoms with Crippen molar-refractivity contribution < 1.29 is 9.21 Å². The molecule has 2 aromatic rings. The van der Waals surface area contributed by atoms with Crippen LogP contribution in [0.5, 0.6) is 0 Å². The molecule has 1 atom stereocenters. The van der Waals surface area contributed by atoms with Gasteiger partial charge in [-0.2, -0.15) is 0 Å². The van der Waals surface area contributed by atoms with Crippen molar-refractivity contribution in [2.45, 2.75) is 42.8 Å². The van der Waals surface area contributed by atoms with Crippen LogP contribution in [0.15, 0.2) is 50.8 Å². The summed E-state index contributed by atoms with van der Waals surface area (Å²) in [6.07, 6.45) is 1.01. The molecule has 1 saturated heterocycles. The molecule has 1 aliphatic rings. The molecule has 1 N–H and O–H groups in total. The summed E-state index contributed by atoms with van der Waals surface area (Å²) in [5.74, 6) is 1.02. The molecule has 1 amide bonds. The van der Waals surface area contributed by atoms with Gasteiger partial charge in [0.1, 0.15) is 5.76 Å². The van der Waals surface area contributed by atoms with E-state index in [4.69, 9.17) is 4.42 Å². The lowest BCUT2D eigenvalue weighted by Gasteiger charge is -2.14. The van der Waals surface area contributed by atoms with Crippen molar-refractivity contribution in [3.63, 3.8) is 0 Å². The molecule has 1 aliphatic heterocycles. The fourth-order valence-electron chi connectivity index (χ4n) is 2.82. The number of nitrogens with zero attached hydrogens (tertiary/aromatic N) is 1. The van der Waals surface area contributed by atoms with E-state index in [1.54, 1.807) is 18.7 Å². The van der Waals surface area contributed by atoms with Gasteiger partial charge in [-0.05, 0) is 37.6 Å². The summed E-state index contributed by atoms with van der Waals surface area (Å²) >= 11 is 1.64. The number of aryl methyl sites for hydroxylation is 1. The molecule has 4 nitrogen and oxygen atoms in total. The quantitative estimate of drug-likeness (QED) is 0.912. The molecular weight excluding hydrogens is 308 g/mol. The number of carbonyl (C=O) groups excluding carboxylic acids is 1. The highest BCUT2D eigenvalue weighted by Crippen LogP contribution is 2.30. The molecule has 0 aliphatic carbocycles. The Hall–Kier alpha value is -1.72. The van der Waals surface area contributed by atoms with E-state index < -0.39 is 0 Å². The number of rotatable bonds is 5. The molecule has 0 bridgehead atoms. The van der Waals surface area contributed by atoms with Gasteiger partial charge in [-0.15, -0.1) is 0 Å². The van der Waals surface area contributed by atoms with Crippen LogP contribution in [0.2, 0.25) is 0 Å². The molecule has 122 valence electrons. The van der Waals surface area contributed by atoms with E-state index in [0.717, 1.165) is 36.9 Å². The summed E-state index contributed by atoms with van der Waals surface area (Å²) in [4.78, 5) is 14.6. The van der Waals surface area contributed by atoms with Gasteiger partial charge in [0.05, 0.1) is 6.54 Å². The summed E-state index contributed by atoms with van der Waals surface area (Å²) < 4.78 is 5.93. The van der Waals surface area contributed by atoms with Crippen LogP contribution in [0.25, 0.3) is 0 Å². The Balaban J connectivity index is 1.53. The first kappa shape index (κ1) is 16.1. The average Bonchev–Trinajstić information content (AvgIpc) is 3.11. The van der Waals surface area contributed by atoms with Gasteiger partial charge in [-0.25, -0.2) is 0 Å². The minimum Gasteiger partial charge on any atom is -0.453 e. The monoisotopic (exact) mass is 330 g/mol. The maximum atomic E-state index is 11.1. The fourth-order valence-corrected chi connectivity index (χ4v) is 3.61. The molecule has 23 heavy (non-hydrogen) atoms. The Morgan fingerprint density at radius 2 is 2.09 bits per heavy atom. The number of amides is 1. The number of nitrogens with one attached hydrogen (secondary N) is 1. The summed E-state index contributed by atoms with van der Waals surface area (Å²) in [7, 11) is 0. The van der Waals surface area contributed by atoms with Gasteiger partial charge in [0.15, 0.2) is 5.09 Å². The first-order valence-electron chi connectivity index (χ1n) is 7.91. The molecule has 0 saturated carbocycles. The fraction of sp³-hybridized carbons (Fsp3) is 0.389. The highest BCUT2D eigenvalue weighted by atomic mass is 32.2. The summed E-state index contributed by atoms with van der Waals surface area (Å²) in [5.41, 5.74) is 1.26. The highest BCUT2D eigenvalue weighted by Gasteiger charge is 2.23. The second kappa shape index (κ2) is 7.23. The molecule has 2 heterocycles. The van der Waals surface area contributed by atoms with Gasteiger partial charge in [0.25, 0.3) is 0 Å². The van der Waals surface area contributed by atoms with Gasteiger partial charge in [-0.3, -0.25) is 9.69 Å². The zero-order valence-electron chi connectivity index (χ0n) is 13.5. The second-order valence-electron chi connectivity index (χ2n) is 6.06. The Kier molecular flexibility index (Phi) is 5.08. The summed E-state index contributed by atoms with van der Waals surface area (Å²) in [6.45, 7) is 6.34. The average molecular weight is 330 g/mol. The van der Waals surface area contributed by atoms with Crippen LogP contribution in [0.4, 0.5) is 0 Å². The molecule has 0 radical (unpaired) electrons. The molecule has 1 aromatic heterocycles. The van der Waals surface area contributed by atoms with Crippen molar-refractivity contribution in [1.29, 1.82) is 0 Å². The van der Waals surface area contributed by atoms with E-state index in [-0.39, 0.29) is 11.9 Å². The number of benzene rings is 1. The van der Waals surface area contributed by atoms with E-state index >= 15 is 0 Å². The first-order valence-corrected chi connectivity index (χ1v) is 8.73. The summed E-state index contributed by atoms with van der Waals surface area (Å²) in [6, 6.07) is 12.8. The normalized spacial score (nSPS) is 18.3. The molecular formula is C18H22N2O2S. The number of carbonyl (C=O) groups is 1. The third-order valence-electron chi connectivity index (χ3n) is 3.94. The Morgan fingerprint density at radius 1 is 1.30 bits per heavy atom. The largest absolute Gasteiger partial charge is 0.453 e. The van der Waals surface area contributed by atoms with Crippen molar-refractivity contribution >= 4 is 17.7 Å². The van der Waals surface area contributed by atoms with Crippen molar-refractivity contribution in [3.8, 4) is 0 Å². The van der Waals surface area contributed by atoms with E-state index in [1.165, 1.54) is 10.5 Å². The zero-order valence-corrected chi connectivity index (χ0v) is 14.4. The Bertz CT molecular complexity index is 666. The van der Waals surface area contributed by atoms with Crippen LogP contribution >= 0.6 is 11.8 Å². The number of hydrogen-bond donors (Lipinski definition) is 1. The van der Waals surface area contributed by atoms with Crippen LogP contribution in [0.1, 0.15) is 24.7 Å². The minimum absolute atomic E-state index is 0.0478. The van der Waals surface area contributed by atoms with E-state index in [0.29, 0.717) is 0 Å². The predicted octanol–water partition coefficient (Wildman–Crippen LogP) is 3.45. The van der Waals surface area contributed by atoms with Gasteiger partial charge in [-0.1, -0.05) is 29.5 Å². The maximum absolute atomic E-state index is 11.1. The molecule has 1 aromatic carbocycles. The lowest BCUT2D eigenvalue weighted by atomic mass is 10.2. The topological polar surface area (TPSA) is 45.5 Å². The third kappa shape index (κ3) is 4.62. The van der Waals surface area contributed by atoms with E-state index in [2.05, 4.69) is 41.4 Å². The molecule has 1 fully saturated rings. The van der Waals surface area contributed by atoms with Gasteiger partial charge in [0, 0.05) is 31.0 Å². The lowest BCUT2D eigenvalue weighted by molar-refractivity contribution is -0.119. The lowest BCUT2D eigenvalue weighted by Crippen LogP contribution is -2.35. The van der Waals surface area contributed by atoms with E-state index in [1.807, 2.05) is 12.1 Å². The predicted molar refractivity (Wildman–Crippen MR) is 91.5 cm³/mol. The van der Waals surface area contributed by atoms with Crippen LogP contribution in [0, 0.1) is 6.92 Å². The van der Waals surface area contributed by atoms with Gasteiger partial charge >= 0.3 is 0 Å². The van der Waals surface area contributed by atoms with Crippen LogP contribution < -0.4 is 5.32 Å². The highest BCUT2D eigenvalue weighted by molar-refractivity contribution is 7.99. The standard InChI is InChI=1S/C18H22N2O2S/c1-13-3-6-17(7-4-13)23-18-8-5-16(22-18)12-20-10-9-15(11-20)19-14(2)21/h3-8,15H,9-12H2,1-2H3,(H,19,21)/t15-/m0/s1. The molecule has 5 heteroatoms. The smallest absolute Gasteiger partial charge is 0.217 e. The molecule has 3 rings (SSSR count). The van der Waals surface area contributed by atoms with Crippen LogP contribution in [-0.4, -0.2) is 29.9 Å². The van der Waals surface area contributed by atoms with Crippen LogP contribution in [0.3, 0.4) is 0 Å². The molecule has 0 unspecified atom stereocenters. The molecule has 0 spiro atoms. The van der Waals surface area contributed by atoms with Crippen molar-refractivity contribution in [1.82, 2.24) is 10.2 Å². The maximum Gasteiger partial charge on any atom is 0.217 e.